The Balaban J connectivity index is 1.75. The zero-order valence-electron chi connectivity index (χ0n) is 12.2. The van der Waals surface area contributed by atoms with E-state index >= 15 is 0 Å². The summed E-state index contributed by atoms with van der Waals surface area (Å²) in [5.41, 5.74) is 2.08. The van der Waals surface area contributed by atoms with E-state index in [1.807, 2.05) is 31.2 Å². The summed E-state index contributed by atoms with van der Waals surface area (Å²) in [5, 5.41) is 2.92. The SMILES string of the molecule is CC(NC(=O)CSCc1ccc(Br)cc1)c1ccc(F)cc1. The van der Waals surface area contributed by atoms with Gasteiger partial charge in [0.2, 0.25) is 5.91 Å². The van der Waals surface area contributed by atoms with Gasteiger partial charge >= 0.3 is 0 Å². The van der Waals surface area contributed by atoms with Gasteiger partial charge < -0.3 is 5.32 Å². The average Bonchev–Trinajstić information content (AvgIpc) is 2.50. The Morgan fingerprint density at radius 2 is 1.82 bits per heavy atom. The fourth-order valence-electron chi connectivity index (χ4n) is 1.96. The smallest absolute Gasteiger partial charge is 0.230 e. The van der Waals surface area contributed by atoms with Crippen LogP contribution in [0.2, 0.25) is 0 Å². The van der Waals surface area contributed by atoms with E-state index in [0.717, 1.165) is 15.8 Å². The molecule has 2 aromatic carbocycles. The van der Waals surface area contributed by atoms with Gasteiger partial charge in [-0.25, -0.2) is 4.39 Å². The molecule has 116 valence electrons. The molecular weight excluding hydrogens is 365 g/mol. The lowest BCUT2D eigenvalue weighted by atomic mass is 10.1. The average molecular weight is 382 g/mol. The lowest BCUT2D eigenvalue weighted by Crippen LogP contribution is -2.28. The van der Waals surface area contributed by atoms with Crippen LogP contribution in [0.5, 0.6) is 0 Å². The highest BCUT2D eigenvalue weighted by Gasteiger charge is 2.09. The summed E-state index contributed by atoms with van der Waals surface area (Å²) in [6.07, 6.45) is 0. The molecule has 0 aliphatic heterocycles. The van der Waals surface area contributed by atoms with E-state index in [0.29, 0.717) is 5.75 Å². The quantitative estimate of drug-likeness (QED) is 0.785. The number of carbonyl (C=O) groups is 1. The lowest BCUT2D eigenvalue weighted by Gasteiger charge is -2.14. The second kappa shape index (κ2) is 8.34. The molecule has 0 fully saturated rings. The molecule has 0 aromatic heterocycles. The highest BCUT2D eigenvalue weighted by molar-refractivity contribution is 9.10. The molecule has 0 aliphatic carbocycles. The van der Waals surface area contributed by atoms with Crippen LogP contribution in [0.15, 0.2) is 53.0 Å². The molecule has 22 heavy (non-hydrogen) atoms. The minimum absolute atomic E-state index is 0.0149. The molecule has 2 rings (SSSR count). The number of hydrogen-bond acceptors (Lipinski definition) is 2. The Labute approximate surface area is 142 Å². The minimum atomic E-state index is -0.271. The van der Waals surface area contributed by atoms with Gasteiger partial charge in [0.1, 0.15) is 5.82 Å². The van der Waals surface area contributed by atoms with Crippen molar-refractivity contribution in [2.75, 3.05) is 5.75 Å². The number of benzene rings is 2. The Bertz CT molecular complexity index is 616. The third-order valence-corrected chi connectivity index (χ3v) is 4.70. The van der Waals surface area contributed by atoms with Gasteiger partial charge in [0.05, 0.1) is 11.8 Å². The van der Waals surface area contributed by atoms with Crippen molar-refractivity contribution in [3.8, 4) is 0 Å². The lowest BCUT2D eigenvalue weighted by molar-refractivity contribution is -0.119. The van der Waals surface area contributed by atoms with Crippen LogP contribution in [0.25, 0.3) is 0 Å². The molecule has 0 heterocycles. The van der Waals surface area contributed by atoms with E-state index in [-0.39, 0.29) is 17.8 Å². The molecule has 0 bridgehead atoms. The standard InChI is InChI=1S/C17H17BrFNOS/c1-12(14-4-8-16(19)9-5-14)20-17(21)11-22-10-13-2-6-15(18)7-3-13/h2-9,12H,10-11H2,1H3,(H,20,21). The predicted octanol–water partition coefficient (Wildman–Crippen LogP) is 4.70. The maximum atomic E-state index is 12.9. The van der Waals surface area contributed by atoms with Crippen molar-refractivity contribution in [1.82, 2.24) is 5.32 Å². The largest absolute Gasteiger partial charge is 0.349 e. The molecule has 0 saturated carbocycles. The van der Waals surface area contributed by atoms with E-state index in [2.05, 4.69) is 21.2 Å². The van der Waals surface area contributed by atoms with Crippen LogP contribution in [0.3, 0.4) is 0 Å². The Hall–Kier alpha value is -1.33. The first-order chi connectivity index (χ1) is 10.5. The fraction of sp³-hybridized carbons (Fsp3) is 0.235. The fourth-order valence-corrected chi connectivity index (χ4v) is 3.02. The predicted molar refractivity (Wildman–Crippen MR) is 93.3 cm³/mol. The van der Waals surface area contributed by atoms with Crippen molar-refractivity contribution in [2.24, 2.45) is 0 Å². The maximum absolute atomic E-state index is 12.9. The van der Waals surface area contributed by atoms with Crippen molar-refractivity contribution in [2.45, 2.75) is 18.7 Å². The summed E-state index contributed by atoms with van der Waals surface area (Å²) >= 11 is 4.97. The monoisotopic (exact) mass is 381 g/mol. The van der Waals surface area contributed by atoms with Crippen LogP contribution in [0, 0.1) is 5.82 Å². The summed E-state index contributed by atoms with van der Waals surface area (Å²) in [6.45, 7) is 1.89. The number of amides is 1. The molecule has 0 spiro atoms. The van der Waals surface area contributed by atoms with Gasteiger partial charge in [-0.1, -0.05) is 40.2 Å². The number of nitrogens with one attached hydrogen (secondary N) is 1. The normalized spacial score (nSPS) is 12.0. The van der Waals surface area contributed by atoms with Crippen LogP contribution in [-0.4, -0.2) is 11.7 Å². The minimum Gasteiger partial charge on any atom is -0.349 e. The van der Waals surface area contributed by atoms with Gasteiger partial charge in [-0.15, -0.1) is 11.8 Å². The molecule has 0 saturated heterocycles. The van der Waals surface area contributed by atoms with Crippen molar-refractivity contribution in [3.05, 3.63) is 69.9 Å². The van der Waals surface area contributed by atoms with Crippen LogP contribution in [-0.2, 0) is 10.5 Å². The maximum Gasteiger partial charge on any atom is 0.230 e. The summed E-state index contributed by atoms with van der Waals surface area (Å²) in [4.78, 5) is 11.9. The van der Waals surface area contributed by atoms with Gasteiger partial charge in [0.15, 0.2) is 0 Å². The second-order valence-electron chi connectivity index (χ2n) is 4.96. The Morgan fingerprint density at radius 3 is 2.45 bits per heavy atom. The van der Waals surface area contributed by atoms with E-state index in [4.69, 9.17) is 0 Å². The van der Waals surface area contributed by atoms with Gasteiger partial charge in [0, 0.05) is 10.2 Å². The first-order valence-electron chi connectivity index (χ1n) is 6.91. The molecule has 2 aromatic rings. The molecule has 1 atom stereocenters. The first-order valence-corrected chi connectivity index (χ1v) is 8.86. The van der Waals surface area contributed by atoms with Crippen LogP contribution in [0.4, 0.5) is 4.39 Å². The third-order valence-electron chi connectivity index (χ3n) is 3.16. The third kappa shape index (κ3) is 5.46. The molecule has 0 radical (unpaired) electrons. The van der Waals surface area contributed by atoms with Gasteiger partial charge in [-0.2, -0.15) is 0 Å². The summed E-state index contributed by atoms with van der Waals surface area (Å²) in [6, 6.07) is 14.1. The molecule has 2 nitrogen and oxygen atoms in total. The summed E-state index contributed by atoms with van der Waals surface area (Å²) in [5.74, 6) is 0.916. The molecule has 1 amide bonds. The van der Waals surface area contributed by atoms with Crippen molar-refractivity contribution < 1.29 is 9.18 Å². The highest BCUT2D eigenvalue weighted by Crippen LogP contribution is 2.17. The molecule has 0 aliphatic rings. The van der Waals surface area contributed by atoms with Crippen molar-refractivity contribution in [1.29, 1.82) is 0 Å². The molecule has 1 unspecified atom stereocenters. The number of rotatable bonds is 6. The first kappa shape index (κ1) is 17.0. The topological polar surface area (TPSA) is 29.1 Å². The summed E-state index contributed by atoms with van der Waals surface area (Å²) < 4.78 is 13.9. The van der Waals surface area contributed by atoms with E-state index in [9.17, 15) is 9.18 Å². The number of halogens is 2. The second-order valence-corrected chi connectivity index (χ2v) is 6.86. The zero-order valence-corrected chi connectivity index (χ0v) is 14.6. The number of thioether (sulfide) groups is 1. The van der Waals surface area contributed by atoms with Crippen LogP contribution < -0.4 is 5.32 Å². The highest BCUT2D eigenvalue weighted by atomic mass is 79.9. The van der Waals surface area contributed by atoms with Crippen molar-refractivity contribution in [3.63, 3.8) is 0 Å². The van der Waals surface area contributed by atoms with Crippen molar-refractivity contribution >= 4 is 33.6 Å². The van der Waals surface area contributed by atoms with E-state index in [1.165, 1.54) is 17.7 Å². The van der Waals surface area contributed by atoms with E-state index in [1.54, 1.807) is 23.9 Å². The Kier molecular flexibility index (Phi) is 6.46. The molecule has 1 N–H and O–H groups in total. The van der Waals surface area contributed by atoms with Gasteiger partial charge in [-0.3, -0.25) is 4.79 Å². The zero-order chi connectivity index (χ0) is 15.9. The number of carbonyl (C=O) groups excluding carboxylic acids is 1. The molecular formula is C17H17BrFNOS. The van der Waals surface area contributed by atoms with Gasteiger partial charge in [0.25, 0.3) is 0 Å². The number of hydrogen-bond donors (Lipinski definition) is 1. The van der Waals surface area contributed by atoms with Gasteiger partial charge in [-0.05, 0) is 42.3 Å². The Morgan fingerprint density at radius 1 is 1.18 bits per heavy atom. The van der Waals surface area contributed by atoms with Crippen LogP contribution >= 0.6 is 27.7 Å². The van der Waals surface area contributed by atoms with E-state index < -0.39 is 0 Å². The van der Waals surface area contributed by atoms with Crippen LogP contribution in [0.1, 0.15) is 24.1 Å². The molecule has 5 heteroatoms. The summed E-state index contributed by atoms with van der Waals surface area (Å²) in [7, 11) is 0.